The van der Waals surface area contributed by atoms with Gasteiger partial charge in [0.2, 0.25) is 0 Å². The predicted octanol–water partition coefficient (Wildman–Crippen LogP) is 3.00. The Morgan fingerprint density at radius 2 is 2.06 bits per heavy atom. The molecule has 0 saturated carbocycles. The second-order valence-corrected chi connectivity index (χ2v) is 4.86. The van der Waals surface area contributed by atoms with E-state index < -0.39 is 0 Å². The molecule has 0 bridgehead atoms. The quantitative estimate of drug-likeness (QED) is 0.738. The van der Waals surface area contributed by atoms with Crippen molar-refractivity contribution in [2.24, 2.45) is 5.92 Å². The van der Waals surface area contributed by atoms with Gasteiger partial charge in [0.05, 0.1) is 7.11 Å². The fraction of sp³-hybridized carbons (Fsp3) is 0.400. The molecule has 0 unspecified atom stereocenters. The molecule has 1 aromatic carbocycles. The molecule has 2 aliphatic carbocycles. The summed E-state index contributed by atoms with van der Waals surface area (Å²) in [5.41, 5.74) is 3.84. The van der Waals surface area contributed by atoms with Gasteiger partial charge in [0, 0.05) is 6.42 Å². The minimum absolute atomic E-state index is 0.278. The van der Waals surface area contributed by atoms with Gasteiger partial charge in [-0.05, 0) is 60.1 Å². The lowest BCUT2D eigenvalue weighted by Crippen LogP contribution is -2.19. The molecule has 2 nitrogen and oxygen atoms in total. The Hall–Kier alpha value is -1.57. The third kappa shape index (κ3) is 1.78. The fourth-order valence-electron chi connectivity index (χ4n) is 2.95. The fourth-order valence-corrected chi connectivity index (χ4v) is 2.95. The van der Waals surface area contributed by atoms with E-state index in [-0.39, 0.29) is 5.78 Å². The summed E-state index contributed by atoms with van der Waals surface area (Å²) in [5, 5.41) is 0. The zero-order chi connectivity index (χ0) is 11.8. The zero-order valence-corrected chi connectivity index (χ0v) is 10.0. The summed E-state index contributed by atoms with van der Waals surface area (Å²) in [5.74, 6) is 1.78. The van der Waals surface area contributed by atoms with Crippen LogP contribution in [-0.4, -0.2) is 12.9 Å². The first-order valence-corrected chi connectivity index (χ1v) is 6.19. The standard InChI is InChI=1S/C15H16O2/c1-17-13-6-7-14-11(8-13)3-2-10-4-5-12(16)9-15(10)14/h6-10H,2-5H2,1H3/t10-/m1/s1. The number of rotatable bonds is 1. The maximum Gasteiger partial charge on any atom is 0.156 e. The number of fused-ring (bicyclic) bond motifs is 3. The van der Waals surface area contributed by atoms with Gasteiger partial charge in [0.1, 0.15) is 5.75 Å². The van der Waals surface area contributed by atoms with Crippen LogP contribution in [0.4, 0.5) is 0 Å². The number of benzene rings is 1. The molecule has 0 saturated heterocycles. The second kappa shape index (κ2) is 4.02. The van der Waals surface area contributed by atoms with Crippen LogP contribution in [0.3, 0.4) is 0 Å². The molecule has 1 aromatic rings. The maximum atomic E-state index is 11.5. The molecule has 2 aliphatic rings. The molecule has 88 valence electrons. The summed E-state index contributed by atoms with van der Waals surface area (Å²) in [7, 11) is 1.69. The molecule has 0 heterocycles. The third-order valence-electron chi connectivity index (χ3n) is 3.88. The minimum Gasteiger partial charge on any atom is -0.497 e. The highest BCUT2D eigenvalue weighted by Gasteiger charge is 2.27. The number of ketones is 1. The SMILES string of the molecule is COc1ccc2c(c1)CC[C@@H]1CCC(=O)C=C21. The largest absolute Gasteiger partial charge is 0.497 e. The van der Waals surface area contributed by atoms with Crippen molar-refractivity contribution in [3.05, 3.63) is 35.4 Å². The van der Waals surface area contributed by atoms with Crippen LogP contribution >= 0.6 is 0 Å². The van der Waals surface area contributed by atoms with Crippen molar-refractivity contribution in [2.75, 3.05) is 7.11 Å². The molecule has 0 amide bonds. The molecule has 0 fully saturated rings. The van der Waals surface area contributed by atoms with Crippen LogP contribution in [0.2, 0.25) is 0 Å². The summed E-state index contributed by atoms with van der Waals surface area (Å²) in [4.78, 5) is 11.5. The highest BCUT2D eigenvalue weighted by atomic mass is 16.5. The van der Waals surface area contributed by atoms with E-state index in [1.165, 1.54) is 23.1 Å². The molecule has 0 spiro atoms. The van der Waals surface area contributed by atoms with Gasteiger partial charge in [-0.2, -0.15) is 0 Å². The number of carbonyl (C=O) groups is 1. The first kappa shape index (κ1) is 10.6. The van der Waals surface area contributed by atoms with Crippen molar-refractivity contribution in [2.45, 2.75) is 25.7 Å². The van der Waals surface area contributed by atoms with Crippen LogP contribution in [-0.2, 0) is 11.2 Å². The Morgan fingerprint density at radius 3 is 2.88 bits per heavy atom. The van der Waals surface area contributed by atoms with Crippen molar-refractivity contribution in [1.29, 1.82) is 0 Å². The van der Waals surface area contributed by atoms with Crippen LogP contribution in [0.1, 0.15) is 30.4 Å². The van der Waals surface area contributed by atoms with Gasteiger partial charge in [-0.3, -0.25) is 4.79 Å². The lowest BCUT2D eigenvalue weighted by atomic mass is 9.74. The van der Waals surface area contributed by atoms with Gasteiger partial charge in [0.15, 0.2) is 5.78 Å². The van der Waals surface area contributed by atoms with Gasteiger partial charge in [-0.25, -0.2) is 0 Å². The molecule has 0 aliphatic heterocycles. The Labute approximate surface area is 101 Å². The topological polar surface area (TPSA) is 26.3 Å². The zero-order valence-electron chi connectivity index (χ0n) is 10.0. The van der Waals surface area contributed by atoms with Crippen LogP contribution in [0.25, 0.3) is 5.57 Å². The van der Waals surface area contributed by atoms with Crippen molar-refractivity contribution in [1.82, 2.24) is 0 Å². The lowest BCUT2D eigenvalue weighted by molar-refractivity contribution is -0.115. The molecule has 17 heavy (non-hydrogen) atoms. The van der Waals surface area contributed by atoms with Gasteiger partial charge >= 0.3 is 0 Å². The van der Waals surface area contributed by atoms with E-state index in [2.05, 4.69) is 12.1 Å². The second-order valence-electron chi connectivity index (χ2n) is 4.86. The van der Waals surface area contributed by atoms with Crippen LogP contribution in [0, 0.1) is 5.92 Å². The third-order valence-corrected chi connectivity index (χ3v) is 3.88. The number of hydrogen-bond acceptors (Lipinski definition) is 2. The molecule has 2 heteroatoms. The summed E-state index contributed by atoms with van der Waals surface area (Å²) >= 11 is 0. The summed E-state index contributed by atoms with van der Waals surface area (Å²) < 4.78 is 5.25. The van der Waals surface area contributed by atoms with E-state index >= 15 is 0 Å². The number of methoxy groups -OCH3 is 1. The Morgan fingerprint density at radius 1 is 1.24 bits per heavy atom. The van der Waals surface area contributed by atoms with E-state index in [0.29, 0.717) is 5.92 Å². The Bertz CT molecular complexity index is 500. The van der Waals surface area contributed by atoms with E-state index in [9.17, 15) is 4.79 Å². The first-order chi connectivity index (χ1) is 8.28. The van der Waals surface area contributed by atoms with E-state index in [4.69, 9.17) is 4.74 Å². The average molecular weight is 228 g/mol. The molecular formula is C15H16O2. The summed E-state index contributed by atoms with van der Waals surface area (Å²) in [6.07, 6.45) is 5.87. The number of ether oxygens (including phenoxy) is 1. The number of hydrogen-bond donors (Lipinski definition) is 0. The Kier molecular flexibility index (Phi) is 2.50. The first-order valence-electron chi connectivity index (χ1n) is 6.19. The number of carbonyl (C=O) groups excluding carboxylic acids is 1. The van der Waals surface area contributed by atoms with E-state index in [1.807, 2.05) is 12.1 Å². The van der Waals surface area contributed by atoms with E-state index in [0.717, 1.165) is 25.0 Å². The lowest BCUT2D eigenvalue weighted by Gasteiger charge is -2.30. The highest BCUT2D eigenvalue weighted by molar-refractivity contribution is 5.99. The van der Waals surface area contributed by atoms with Gasteiger partial charge in [-0.15, -0.1) is 0 Å². The van der Waals surface area contributed by atoms with Crippen LogP contribution < -0.4 is 4.74 Å². The molecule has 0 aromatic heterocycles. The van der Waals surface area contributed by atoms with Gasteiger partial charge in [-0.1, -0.05) is 6.07 Å². The minimum atomic E-state index is 0.278. The molecule has 0 N–H and O–H groups in total. The predicted molar refractivity (Wildman–Crippen MR) is 67.0 cm³/mol. The molecule has 0 radical (unpaired) electrons. The average Bonchev–Trinajstić information content (AvgIpc) is 2.37. The Balaban J connectivity index is 2.08. The normalized spacial score (nSPS) is 22.5. The van der Waals surface area contributed by atoms with Crippen molar-refractivity contribution in [3.63, 3.8) is 0 Å². The van der Waals surface area contributed by atoms with Crippen molar-refractivity contribution >= 4 is 11.4 Å². The molecular weight excluding hydrogens is 212 g/mol. The van der Waals surface area contributed by atoms with Crippen LogP contribution in [0.15, 0.2) is 24.3 Å². The smallest absolute Gasteiger partial charge is 0.156 e. The van der Waals surface area contributed by atoms with Crippen LogP contribution in [0.5, 0.6) is 5.75 Å². The van der Waals surface area contributed by atoms with Gasteiger partial charge in [0.25, 0.3) is 0 Å². The monoisotopic (exact) mass is 228 g/mol. The van der Waals surface area contributed by atoms with Gasteiger partial charge < -0.3 is 4.74 Å². The highest BCUT2D eigenvalue weighted by Crippen LogP contribution is 2.41. The number of allylic oxidation sites excluding steroid dienone is 2. The molecule has 3 rings (SSSR count). The molecule has 1 atom stereocenters. The van der Waals surface area contributed by atoms with Crippen molar-refractivity contribution < 1.29 is 9.53 Å². The van der Waals surface area contributed by atoms with Crippen molar-refractivity contribution in [3.8, 4) is 5.75 Å². The summed E-state index contributed by atoms with van der Waals surface area (Å²) in [6, 6.07) is 6.19. The van der Waals surface area contributed by atoms with E-state index in [1.54, 1.807) is 7.11 Å². The maximum absolute atomic E-state index is 11.5. The summed E-state index contributed by atoms with van der Waals surface area (Å²) in [6.45, 7) is 0. The number of aryl methyl sites for hydroxylation is 1.